The second-order valence-corrected chi connectivity index (χ2v) is 6.09. The molecule has 0 bridgehead atoms. The maximum absolute atomic E-state index is 11.9. The number of imidazole rings is 1. The van der Waals surface area contributed by atoms with Crippen LogP contribution in [0, 0.1) is 6.92 Å². The van der Waals surface area contributed by atoms with Gasteiger partial charge in [0.2, 0.25) is 0 Å². The van der Waals surface area contributed by atoms with Crippen LogP contribution in [-0.2, 0) is 6.42 Å². The number of hydrogen-bond donors (Lipinski definition) is 2. The lowest BCUT2D eigenvalue weighted by Crippen LogP contribution is -2.31. The van der Waals surface area contributed by atoms with E-state index in [4.69, 9.17) is 4.98 Å². The van der Waals surface area contributed by atoms with E-state index >= 15 is 0 Å². The van der Waals surface area contributed by atoms with Gasteiger partial charge in [0, 0.05) is 30.5 Å². The van der Waals surface area contributed by atoms with Gasteiger partial charge >= 0.3 is 0 Å². The van der Waals surface area contributed by atoms with Crippen molar-refractivity contribution < 1.29 is 4.79 Å². The summed E-state index contributed by atoms with van der Waals surface area (Å²) in [5, 5.41) is 6.27. The largest absolute Gasteiger partial charge is 0.352 e. The van der Waals surface area contributed by atoms with Crippen molar-refractivity contribution >= 4 is 11.5 Å². The molecule has 2 N–H and O–H groups in total. The van der Waals surface area contributed by atoms with E-state index in [1.54, 1.807) is 0 Å². The molecule has 0 radical (unpaired) electrons. The number of aryl methyl sites for hydroxylation is 1. The van der Waals surface area contributed by atoms with Gasteiger partial charge in [0.25, 0.3) is 5.91 Å². The molecular weight excluding hydrogens is 288 g/mol. The number of nitrogens with zero attached hydrogens (tertiary/aromatic N) is 2. The van der Waals surface area contributed by atoms with E-state index in [0.717, 1.165) is 54.3 Å². The molecule has 5 heteroatoms. The summed E-state index contributed by atoms with van der Waals surface area (Å²) < 4.78 is 2.11. The van der Waals surface area contributed by atoms with Crippen LogP contribution in [0.5, 0.6) is 0 Å². The van der Waals surface area contributed by atoms with Crippen LogP contribution in [0.1, 0.15) is 33.9 Å². The second-order valence-electron chi connectivity index (χ2n) is 6.09. The smallest absolute Gasteiger partial charge is 0.251 e. The number of amides is 1. The molecule has 0 saturated carbocycles. The number of benzene rings is 1. The van der Waals surface area contributed by atoms with Crippen molar-refractivity contribution in [1.82, 2.24) is 20.2 Å². The fourth-order valence-electron chi connectivity index (χ4n) is 3.29. The van der Waals surface area contributed by atoms with E-state index in [0.29, 0.717) is 6.54 Å². The first kappa shape index (κ1) is 14.2. The summed E-state index contributed by atoms with van der Waals surface area (Å²) in [6, 6.07) is 6.02. The lowest BCUT2D eigenvalue weighted by Gasteiger charge is -2.17. The second kappa shape index (κ2) is 5.66. The van der Waals surface area contributed by atoms with Gasteiger partial charge in [-0.15, -0.1) is 0 Å². The molecule has 23 heavy (non-hydrogen) atoms. The Hall–Kier alpha value is -2.40. The normalized spacial score (nSPS) is 17.4. The number of nitrogens with one attached hydrogen (secondary N) is 2. The molecule has 2 aliphatic heterocycles. The number of carbonyl (C=O) groups is 1. The molecule has 3 heterocycles. The van der Waals surface area contributed by atoms with E-state index in [-0.39, 0.29) is 5.91 Å². The first-order valence-electron chi connectivity index (χ1n) is 8.10. The molecule has 0 spiro atoms. The van der Waals surface area contributed by atoms with Crippen LogP contribution in [0.2, 0.25) is 0 Å². The molecule has 2 aliphatic rings. The number of carbonyl (C=O) groups excluding carboxylic acids is 1. The average Bonchev–Trinajstić information content (AvgIpc) is 2.97. The predicted octanol–water partition coefficient (Wildman–Crippen LogP) is 1.84. The van der Waals surface area contributed by atoms with Crippen LogP contribution < -0.4 is 10.6 Å². The van der Waals surface area contributed by atoms with E-state index in [1.807, 2.05) is 19.1 Å². The Bertz CT molecular complexity index is 803. The molecule has 0 unspecified atom stereocenters. The van der Waals surface area contributed by atoms with E-state index in [9.17, 15) is 4.79 Å². The molecule has 2 aromatic rings. The molecule has 0 atom stereocenters. The third kappa shape index (κ3) is 2.57. The summed E-state index contributed by atoms with van der Waals surface area (Å²) in [4.78, 5) is 16.6. The maximum atomic E-state index is 11.9. The standard InChI is InChI=1S/C18H20N4O/c1-12-21-17(14-3-2-7-19-10-14)11-22(12)15-4-5-16-13(9-15)6-8-20-18(16)23/h3-5,9,11,19H,2,6-8,10H2,1H3,(H,20,23). The van der Waals surface area contributed by atoms with Crippen molar-refractivity contribution in [2.45, 2.75) is 19.8 Å². The fourth-order valence-corrected chi connectivity index (χ4v) is 3.29. The highest BCUT2D eigenvalue weighted by Crippen LogP contribution is 2.22. The zero-order valence-corrected chi connectivity index (χ0v) is 13.2. The van der Waals surface area contributed by atoms with Crippen LogP contribution in [0.3, 0.4) is 0 Å². The molecule has 4 rings (SSSR count). The molecule has 0 aliphatic carbocycles. The lowest BCUT2D eigenvalue weighted by atomic mass is 9.99. The van der Waals surface area contributed by atoms with Crippen LogP contribution in [0.15, 0.2) is 30.5 Å². The summed E-state index contributed by atoms with van der Waals surface area (Å²) in [5.41, 5.74) is 5.26. The van der Waals surface area contributed by atoms with Crippen LogP contribution in [0.25, 0.3) is 11.3 Å². The number of hydrogen-bond acceptors (Lipinski definition) is 3. The maximum Gasteiger partial charge on any atom is 0.251 e. The number of aromatic nitrogens is 2. The summed E-state index contributed by atoms with van der Waals surface area (Å²) in [6.45, 7) is 4.64. The van der Waals surface area contributed by atoms with Crippen molar-refractivity contribution in [3.05, 3.63) is 53.1 Å². The molecule has 1 amide bonds. The Morgan fingerprint density at radius 1 is 1.26 bits per heavy atom. The predicted molar refractivity (Wildman–Crippen MR) is 89.8 cm³/mol. The average molecular weight is 308 g/mol. The molecule has 1 aromatic carbocycles. The third-order valence-corrected chi connectivity index (χ3v) is 4.53. The van der Waals surface area contributed by atoms with Gasteiger partial charge in [0.15, 0.2) is 0 Å². The Morgan fingerprint density at radius 2 is 2.17 bits per heavy atom. The Balaban J connectivity index is 1.72. The highest BCUT2D eigenvalue weighted by atomic mass is 16.1. The van der Waals surface area contributed by atoms with Crippen LogP contribution in [0.4, 0.5) is 0 Å². The zero-order valence-electron chi connectivity index (χ0n) is 13.2. The van der Waals surface area contributed by atoms with Crippen LogP contribution >= 0.6 is 0 Å². The quantitative estimate of drug-likeness (QED) is 0.890. The fraction of sp³-hybridized carbons (Fsp3) is 0.333. The Morgan fingerprint density at radius 3 is 3.00 bits per heavy atom. The summed E-state index contributed by atoms with van der Waals surface area (Å²) >= 11 is 0. The molecule has 1 aromatic heterocycles. The summed E-state index contributed by atoms with van der Waals surface area (Å²) in [5.74, 6) is 0.992. The topological polar surface area (TPSA) is 59.0 Å². The Kier molecular flexibility index (Phi) is 3.50. The minimum Gasteiger partial charge on any atom is -0.352 e. The molecule has 5 nitrogen and oxygen atoms in total. The van der Waals surface area contributed by atoms with E-state index in [1.165, 1.54) is 5.57 Å². The zero-order chi connectivity index (χ0) is 15.8. The van der Waals surface area contributed by atoms with Crippen molar-refractivity contribution in [3.8, 4) is 5.69 Å². The number of fused-ring (bicyclic) bond motifs is 1. The van der Waals surface area contributed by atoms with Crippen molar-refractivity contribution in [2.24, 2.45) is 0 Å². The van der Waals surface area contributed by atoms with Gasteiger partial charge in [-0.1, -0.05) is 6.08 Å². The SMILES string of the molecule is Cc1nc(C2=CCCNC2)cn1-c1ccc2c(c1)CCNC2=O. The van der Waals surface area contributed by atoms with Crippen molar-refractivity contribution in [2.75, 3.05) is 19.6 Å². The van der Waals surface area contributed by atoms with Gasteiger partial charge in [-0.3, -0.25) is 4.79 Å². The minimum atomic E-state index is 0.0271. The van der Waals surface area contributed by atoms with Gasteiger partial charge in [-0.25, -0.2) is 4.98 Å². The monoisotopic (exact) mass is 308 g/mol. The first-order valence-corrected chi connectivity index (χ1v) is 8.10. The molecule has 0 saturated heterocycles. The third-order valence-electron chi connectivity index (χ3n) is 4.53. The number of rotatable bonds is 2. The van der Waals surface area contributed by atoms with Gasteiger partial charge in [0.05, 0.1) is 5.69 Å². The van der Waals surface area contributed by atoms with Crippen molar-refractivity contribution in [1.29, 1.82) is 0 Å². The summed E-state index contributed by atoms with van der Waals surface area (Å²) in [6.07, 6.45) is 6.29. The highest BCUT2D eigenvalue weighted by Gasteiger charge is 2.18. The Labute approximate surface area is 135 Å². The highest BCUT2D eigenvalue weighted by molar-refractivity contribution is 5.96. The lowest BCUT2D eigenvalue weighted by molar-refractivity contribution is 0.0946. The summed E-state index contributed by atoms with van der Waals surface area (Å²) in [7, 11) is 0. The van der Waals surface area contributed by atoms with E-state index in [2.05, 4.69) is 33.5 Å². The van der Waals surface area contributed by atoms with Gasteiger partial charge in [0.1, 0.15) is 5.82 Å². The van der Waals surface area contributed by atoms with Gasteiger partial charge in [-0.2, -0.15) is 0 Å². The molecule has 118 valence electrons. The van der Waals surface area contributed by atoms with Crippen molar-refractivity contribution in [3.63, 3.8) is 0 Å². The van der Waals surface area contributed by atoms with Gasteiger partial charge < -0.3 is 15.2 Å². The van der Waals surface area contributed by atoms with E-state index < -0.39 is 0 Å². The molecule has 0 fully saturated rings. The van der Waals surface area contributed by atoms with Gasteiger partial charge in [-0.05, 0) is 55.6 Å². The van der Waals surface area contributed by atoms with Crippen LogP contribution in [-0.4, -0.2) is 35.1 Å². The minimum absolute atomic E-state index is 0.0271. The first-order chi connectivity index (χ1) is 11.2. The molecular formula is C18H20N4O.